The minimum absolute atomic E-state index is 1.07. The molecule has 0 aliphatic heterocycles. The van der Waals surface area contributed by atoms with E-state index in [0.717, 1.165) is 6.42 Å². The van der Waals surface area contributed by atoms with Crippen LogP contribution in [0.3, 0.4) is 0 Å². The Morgan fingerprint density at radius 2 is 2.00 bits per heavy atom. The summed E-state index contributed by atoms with van der Waals surface area (Å²) < 4.78 is 0. The van der Waals surface area contributed by atoms with Gasteiger partial charge in [0.15, 0.2) is 0 Å². The molecule has 0 aromatic rings. The van der Waals surface area contributed by atoms with Gasteiger partial charge in [-0.2, -0.15) is 0 Å². The van der Waals surface area contributed by atoms with Gasteiger partial charge in [-0.1, -0.05) is 32.6 Å². The van der Waals surface area contributed by atoms with Crippen molar-refractivity contribution >= 4 is 11.6 Å². The van der Waals surface area contributed by atoms with Crippen molar-refractivity contribution in [2.45, 2.75) is 39.0 Å². The van der Waals surface area contributed by atoms with Crippen molar-refractivity contribution in [3.8, 4) is 0 Å². The van der Waals surface area contributed by atoms with E-state index in [-0.39, 0.29) is 0 Å². The summed E-state index contributed by atoms with van der Waals surface area (Å²) in [7, 11) is 0. The quantitative estimate of drug-likeness (QED) is 0.505. The molecule has 49 valence electrons. The molecule has 0 unspecified atom stereocenters. The van der Waals surface area contributed by atoms with E-state index in [4.69, 9.17) is 11.6 Å². The van der Waals surface area contributed by atoms with E-state index in [1.54, 1.807) is 5.88 Å². The molecule has 0 aromatic carbocycles. The summed E-state index contributed by atoms with van der Waals surface area (Å²) in [4.78, 5) is 0. The number of halogens is 1. The van der Waals surface area contributed by atoms with E-state index in [0.29, 0.717) is 0 Å². The second kappa shape index (κ2) is 7.29. The van der Waals surface area contributed by atoms with E-state index in [2.05, 4.69) is 6.92 Å². The fraction of sp³-hybridized carbons (Fsp3) is 0.857. The lowest BCUT2D eigenvalue weighted by atomic mass is 10.2. The number of hydrogen-bond donors (Lipinski definition) is 0. The Labute approximate surface area is 57.2 Å². The van der Waals surface area contributed by atoms with Crippen LogP contribution in [0.1, 0.15) is 39.0 Å². The first-order valence-corrected chi connectivity index (χ1v) is 3.77. The lowest BCUT2D eigenvalue weighted by molar-refractivity contribution is 0.670. The number of hydrogen-bond acceptors (Lipinski definition) is 0. The van der Waals surface area contributed by atoms with Crippen molar-refractivity contribution < 1.29 is 0 Å². The highest BCUT2D eigenvalue weighted by Crippen LogP contribution is 2.04. The van der Waals surface area contributed by atoms with Crippen molar-refractivity contribution in [1.29, 1.82) is 0 Å². The van der Waals surface area contributed by atoms with Crippen LogP contribution in [-0.4, -0.2) is 0 Å². The first-order chi connectivity index (χ1) is 3.91. The zero-order chi connectivity index (χ0) is 6.24. The Morgan fingerprint density at radius 3 is 2.50 bits per heavy atom. The van der Waals surface area contributed by atoms with Crippen LogP contribution in [0.15, 0.2) is 0 Å². The third-order valence-electron chi connectivity index (χ3n) is 1.17. The van der Waals surface area contributed by atoms with Gasteiger partial charge in [-0.25, -0.2) is 0 Å². The minimum Gasteiger partial charge on any atom is -0.121 e. The Morgan fingerprint density at radius 1 is 1.25 bits per heavy atom. The molecule has 0 nitrogen and oxygen atoms in total. The predicted molar refractivity (Wildman–Crippen MR) is 38.9 cm³/mol. The lowest BCUT2D eigenvalue weighted by Gasteiger charge is -1.92. The molecule has 0 aliphatic rings. The molecule has 0 amide bonds. The standard InChI is InChI=1S/C7H14Cl/c1-2-3-4-5-6-7-8/h7H,2-6H2,1H3. The summed E-state index contributed by atoms with van der Waals surface area (Å²) in [6.07, 6.45) is 6.33. The zero-order valence-corrected chi connectivity index (χ0v) is 6.25. The van der Waals surface area contributed by atoms with Gasteiger partial charge < -0.3 is 0 Å². The van der Waals surface area contributed by atoms with Crippen molar-refractivity contribution in [2.75, 3.05) is 0 Å². The largest absolute Gasteiger partial charge is 0.121 e. The molecule has 0 N–H and O–H groups in total. The molecule has 0 rings (SSSR count). The fourth-order valence-corrected chi connectivity index (χ4v) is 0.803. The monoisotopic (exact) mass is 133 g/mol. The van der Waals surface area contributed by atoms with Gasteiger partial charge in [-0.05, 0) is 6.42 Å². The van der Waals surface area contributed by atoms with Crippen LogP contribution in [0, 0.1) is 5.88 Å². The van der Waals surface area contributed by atoms with E-state index in [9.17, 15) is 0 Å². The van der Waals surface area contributed by atoms with Crippen LogP contribution in [0.4, 0.5) is 0 Å². The van der Waals surface area contributed by atoms with E-state index < -0.39 is 0 Å². The molecule has 0 aliphatic carbocycles. The van der Waals surface area contributed by atoms with Crippen molar-refractivity contribution in [1.82, 2.24) is 0 Å². The molecular weight excluding hydrogens is 120 g/mol. The summed E-state index contributed by atoms with van der Waals surface area (Å²) in [6.45, 7) is 2.21. The summed E-state index contributed by atoms with van der Waals surface area (Å²) in [5.41, 5.74) is 0. The molecule has 0 saturated heterocycles. The summed E-state index contributed by atoms with van der Waals surface area (Å²) in [5.74, 6) is 1.72. The summed E-state index contributed by atoms with van der Waals surface area (Å²) >= 11 is 5.36. The molecule has 0 saturated carbocycles. The highest BCUT2D eigenvalue weighted by Gasteiger charge is 1.84. The maximum atomic E-state index is 5.36. The normalized spacial score (nSPS) is 9.75. The van der Waals surface area contributed by atoms with Gasteiger partial charge in [0.05, 0.1) is 0 Å². The Hall–Kier alpha value is 0.290. The average Bonchev–Trinajstić information content (AvgIpc) is 1.81. The Bertz CT molecular complexity index is 29.4. The molecule has 0 aromatic heterocycles. The third kappa shape index (κ3) is 6.29. The van der Waals surface area contributed by atoms with Crippen LogP contribution < -0.4 is 0 Å². The Kier molecular flexibility index (Phi) is 7.55. The van der Waals surface area contributed by atoms with Gasteiger partial charge in [0, 0.05) is 5.88 Å². The molecular formula is C7H14Cl. The van der Waals surface area contributed by atoms with Crippen molar-refractivity contribution in [3.05, 3.63) is 5.88 Å². The van der Waals surface area contributed by atoms with Gasteiger partial charge in [0.25, 0.3) is 0 Å². The molecule has 0 heterocycles. The molecule has 1 heteroatoms. The van der Waals surface area contributed by atoms with Crippen LogP contribution in [-0.2, 0) is 0 Å². The molecule has 8 heavy (non-hydrogen) atoms. The molecule has 0 fully saturated rings. The molecule has 1 radical (unpaired) electrons. The highest BCUT2D eigenvalue weighted by molar-refractivity contribution is 6.23. The van der Waals surface area contributed by atoms with Crippen LogP contribution in [0.25, 0.3) is 0 Å². The van der Waals surface area contributed by atoms with Gasteiger partial charge in [-0.15, -0.1) is 11.6 Å². The van der Waals surface area contributed by atoms with Crippen LogP contribution in [0.5, 0.6) is 0 Å². The van der Waals surface area contributed by atoms with Crippen LogP contribution in [0.2, 0.25) is 0 Å². The van der Waals surface area contributed by atoms with E-state index in [1.807, 2.05) is 0 Å². The molecule has 0 spiro atoms. The van der Waals surface area contributed by atoms with Gasteiger partial charge >= 0.3 is 0 Å². The minimum atomic E-state index is 1.07. The number of unbranched alkanes of at least 4 members (excludes halogenated alkanes) is 4. The maximum Gasteiger partial charge on any atom is 0.0499 e. The molecule has 0 bridgehead atoms. The van der Waals surface area contributed by atoms with Crippen molar-refractivity contribution in [3.63, 3.8) is 0 Å². The fourth-order valence-electron chi connectivity index (χ4n) is 0.648. The highest BCUT2D eigenvalue weighted by atomic mass is 35.5. The predicted octanol–water partition coefficient (Wildman–Crippen LogP) is 3.36. The summed E-state index contributed by atoms with van der Waals surface area (Å²) in [5, 5.41) is 0. The second-order valence-corrected chi connectivity index (χ2v) is 2.31. The average molecular weight is 134 g/mol. The molecule has 0 atom stereocenters. The van der Waals surface area contributed by atoms with Crippen LogP contribution >= 0.6 is 11.6 Å². The van der Waals surface area contributed by atoms with E-state index in [1.165, 1.54) is 25.7 Å². The van der Waals surface area contributed by atoms with E-state index >= 15 is 0 Å². The maximum absolute atomic E-state index is 5.36. The topological polar surface area (TPSA) is 0 Å². The first-order valence-electron chi connectivity index (χ1n) is 3.33. The summed E-state index contributed by atoms with van der Waals surface area (Å²) in [6, 6.07) is 0. The van der Waals surface area contributed by atoms with Gasteiger partial charge in [-0.3, -0.25) is 0 Å². The smallest absolute Gasteiger partial charge is 0.0499 e. The zero-order valence-electron chi connectivity index (χ0n) is 5.49. The van der Waals surface area contributed by atoms with Gasteiger partial charge in [0.1, 0.15) is 0 Å². The lowest BCUT2D eigenvalue weighted by Crippen LogP contribution is -1.73. The number of rotatable bonds is 5. The SMILES string of the molecule is CCCCCC[CH]Cl. The first kappa shape index (κ1) is 8.29. The van der Waals surface area contributed by atoms with Crippen molar-refractivity contribution in [2.24, 2.45) is 0 Å². The van der Waals surface area contributed by atoms with Gasteiger partial charge in [0.2, 0.25) is 0 Å². The Balaban J connectivity index is 2.53. The second-order valence-electron chi connectivity index (χ2n) is 2.00. The third-order valence-corrected chi connectivity index (χ3v) is 1.39.